The zero-order chi connectivity index (χ0) is 16.0. The van der Waals surface area contributed by atoms with Gasteiger partial charge in [0.1, 0.15) is 5.75 Å². The highest BCUT2D eigenvalue weighted by Gasteiger charge is 2.24. The van der Waals surface area contributed by atoms with Crippen molar-refractivity contribution >= 4 is 10.9 Å². The Hall–Kier alpha value is -2.33. The summed E-state index contributed by atoms with van der Waals surface area (Å²) >= 11 is 0. The lowest BCUT2D eigenvalue weighted by Crippen LogP contribution is -2.16. The van der Waals surface area contributed by atoms with Gasteiger partial charge in [0.15, 0.2) is 0 Å². The molecule has 3 aromatic rings. The first kappa shape index (κ1) is 14.3. The summed E-state index contributed by atoms with van der Waals surface area (Å²) < 4.78 is 0. The SMILES string of the molecule is CN(C)CCc1ccnc2c1-c1[nH]c3cc(O)ccc3c1CC2. The predicted molar refractivity (Wildman–Crippen MR) is 92.9 cm³/mol. The van der Waals surface area contributed by atoms with Crippen LogP contribution in [0, 0.1) is 0 Å². The van der Waals surface area contributed by atoms with Crippen LogP contribution in [0.4, 0.5) is 0 Å². The lowest BCUT2D eigenvalue weighted by Gasteiger charge is -2.20. The van der Waals surface area contributed by atoms with Gasteiger partial charge in [-0.3, -0.25) is 4.98 Å². The molecule has 0 bridgehead atoms. The Morgan fingerprint density at radius 2 is 2.09 bits per heavy atom. The van der Waals surface area contributed by atoms with Crippen molar-refractivity contribution in [2.75, 3.05) is 20.6 Å². The average Bonchev–Trinajstić information content (AvgIpc) is 2.90. The van der Waals surface area contributed by atoms with E-state index in [0.29, 0.717) is 5.75 Å². The van der Waals surface area contributed by atoms with Crippen molar-refractivity contribution in [2.45, 2.75) is 19.3 Å². The second-order valence-corrected chi connectivity index (χ2v) is 6.55. The van der Waals surface area contributed by atoms with Crippen LogP contribution in [0.2, 0.25) is 0 Å². The molecule has 0 fully saturated rings. The van der Waals surface area contributed by atoms with E-state index in [-0.39, 0.29) is 0 Å². The summed E-state index contributed by atoms with van der Waals surface area (Å²) in [6.45, 7) is 1.02. The highest BCUT2D eigenvalue weighted by atomic mass is 16.3. The van der Waals surface area contributed by atoms with E-state index in [1.807, 2.05) is 18.3 Å². The average molecular weight is 307 g/mol. The Morgan fingerprint density at radius 3 is 2.91 bits per heavy atom. The Morgan fingerprint density at radius 1 is 1.22 bits per heavy atom. The molecule has 0 saturated carbocycles. The third-order valence-corrected chi connectivity index (χ3v) is 4.70. The van der Waals surface area contributed by atoms with Gasteiger partial charge in [-0.1, -0.05) is 0 Å². The number of benzene rings is 1. The number of hydrogen-bond donors (Lipinski definition) is 2. The van der Waals surface area contributed by atoms with Crippen LogP contribution < -0.4 is 0 Å². The minimum Gasteiger partial charge on any atom is -0.508 e. The van der Waals surface area contributed by atoms with Gasteiger partial charge in [0.25, 0.3) is 0 Å². The van der Waals surface area contributed by atoms with Crippen LogP contribution in [-0.2, 0) is 19.3 Å². The molecular weight excluding hydrogens is 286 g/mol. The van der Waals surface area contributed by atoms with E-state index in [1.54, 1.807) is 6.07 Å². The molecule has 0 unspecified atom stereocenters. The second kappa shape index (κ2) is 5.39. The number of aryl methyl sites for hydroxylation is 2. The van der Waals surface area contributed by atoms with Crippen LogP contribution in [0.15, 0.2) is 30.5 Å². The summed E-state index contributed by atoms with van der Waals surface area (Å²) in [7, 11) is 4.20. The molecule has 0 aliphatic heterocycles. The number of aromatic amines is 1. The molecule has 0 spiro atoms. The Kier molecular flexibility index (Phi) is 3.34. The first-order chi connectivity index (χ1) is 11.1. The lowest BCUT2D eigenvalue weighted by molar-refractivity contribution is 0.413. The van der Waals surface area contributed by atoms with Gasteiger partial charge in [0.2, 0.25) is 0 Å². The van der Waals surface area contributed by atoms with Crippen molar-refractivity contribution in [2.24, 2.45) is 0 Å². The number of nitrogens with one attached hydrogen (secondary N) is 1. The number of fused-ring (bicyclic) bond motifs is 5. The maximum absolute atomic E-state index is 9.75. The number of hydrogen-bond acceptors (Lipinski definition) is 3. The molecule has 4 rings (SSSR count). The fourth-order valence-electron chi connectivity index (χ4n) is 3.56. The van der Waals surface area contributed by atoms with Crippen molar-refractivity contribution in [1.82, 2.24) is 14.9 Å². The minimum absolute atomic E-state index is 0.301. The van der Waals surface area contributed by atoms with E-state index < -0.39 is 0 Å². The summed E-state index contributed by atoms with van der Waals surface area (Å²) in [4.78, 5) is 10.3. The Balaban J connectivity index is 1.89. The molecule has 23 heavy (non-hydrogen) atoms. The molecule has 1 aliphatic rings. The van der Waals surface area contributed by atoms with Crippen molar-refractivity contribution in [3.63, 3.8) is 0 Å². The third kappa shape index (κ3) is 2.39. The maximum Gasteiger partial charge on any atom is 0.117 e. The Labute approximate surface area is 135 Å². The van der Waals surface area contributed by atoms with Gasteiger partial charge in [0, 0.05) is 35.3 Å². The van der Waals surface area contributed by atoms with Gasteiger partial charge < -0.3 is 15.0 Å². The molecule has 2 heterocycles. The summed E-state index contributed by atoms with van der Waals surface area (Å²) in [6.07, 6.45) is 4.92. The van der Waals surface area contributed by atoms with Crippen LogP contribution in [0.1, 0.15) is 16.8 Å². The lowest BCUT2D eigenvalue weighted by atomic mass is 9.88. The van der Waals surface area contributed by atoms with E-state index in [1.165, 1.54) is 33.5 Å². The normalized spacial score (nSPS) is 13.3. The number of aromatic nitrogens is 2. The monoisotopic (exact) mass is 307 g/mol. The number of rotatable bonds is 3. The molecule has 1 aliphatic carbocycles. The van der Waals surface area contributed by atoms with Crippen molar-refractivity contribution in [1.29, 1.82) is 0 Å². The predicted octanol–water partition coefficient (Wildman–Crippen LogP) is 3.14. The van der Waals surface area contributed by atoms with Crippen molar-refractivity contribution < 1.29 is 5.11 Å². The van der Waals surface area contributed by atoms with E-state index >= 15 is 0 Å². The summed E-state index contributed by atoms with van der Waals surface area (Å²) in [6, 6.07) is 7.73. The number of aromatic hydroxyl groups is 1. The molecule has 4 nitrogen and oxygen atoms in total. The summed E-state index contributed by atoms with van der Waals surface area (Å²) in [5, 5.41) is 11.0. The molecule has 2 aromatic heterocycles. The van der Waals surface area contributed by atoms with Crippen molar-refractivity contribution in [3.05, 3.63) is 47.3 Å². The summed E-state index contributed by atoms with van der Waals surface area (Å²) in [5.74, 6) is 0.301. The Bertz CT molecular complexity index is 880. The van der Waals surface area contributed by atoms with Crippen LogP contribution >= 0.6 is 0 Å². The third-order valence-electron chi connectivity index (χ3n) is 4.70. The van der Waals surface area contributed by atoms with Gasteiger partial charge in [-0.05, 0) is 62.7 Å². The smallest absolute Gasteiger partial charge is 0.117 e. The minimum atomic E-state index is 0.301. The quantitative estimate of drug-likeness (QED) is 0.781. The molecule has 4 heteroatoms. The first-order valence-corrected chi connectivity index (χ1v) is 8.09. The fraction of sp³-hybridized carbons (Fsp3) is 0.316. The number of phenols is 1. The highest BCUT2D eigenvalue weighted by molar-refractivity contribution is 5.93. The topological polar surface area (TPSA) is 52.2 Å². The molecule has 2 N–H and O–H groups in total. The molecule has 0 amide bonds. The maximum atomic E-state index is 9.75. The molecule has 0 atom stereocenters. The number of likely N-dealkylation sites (N-methyl/N-ethyl adjacent to an activating group) is 1. The van der Waals surface area contributed by atoms with Gasteiger partial charge in [-0.2, -0.15) is 0 Å². The molecular formula is C19H21N3O. The first-order valence-electron chi connectivity index (χ1n) is 8.09. The van der Waals surface area contributed by atoms with Gasteiger partial charge in [-0.25, -0.2) is 0 Å². The van der Waals surface area contributed by atoms with Crippen LogP contribution in [0.3, 0.4) is 0 Å². The van der Waals surface area contributed by atoms with E-state index in [0.717, 1.165) is 31.3 Å². The zero-order valence-electron chi connectivity index (χ0n) is 13.6. The van der Waals surface area contributed by atoms with Gasteiger partial charge >= 0.3 is 0 Å². The number of H-pyrrole nitrogens is 1. The van der Waals surface area contributed by atoms with Gasteiger partial charge in [-0.15, -0.1) is 0 Å². The van der Waals surface area contributed by atoms with E-state index in [9.17, 15) is 5.11 Å². The van der Waals surface area contributed by atoms with E-state index in [2.05, 4.69) is 35.0 Å². The van der Waals surface area contributed by atoms with Crippen LogP contribution in [0.25, 0.3) is 22.2 Å². The van der Waals surface area contributed by atoms with Gasteiger partial charge in [0.05, 0.1) is 11.4 Å². The van der Waals surface area contributed by atoms with Crippen molar-refractivity contribution in [3.8, 4) is 17.0 Å². The second-order valence-electron chi connectivity index (χ2n) is 6.55. The molecule has 118 valence electrons. The van der Waals surface area contributed by atoms with Crippen LogP contribution in [0.5, 0.6) is 5.75 Å². The fourth-order valence-corrected chi connectivity index (χ4v) is 3.56. The number of phenolic OH excluding ortho intramolecular Hbond substituents is 1. The van der Waals surface area contributed by atoms with E-state index in [4.69, 9.17) is 0 Å². The number of pyridine rings is 1. The summed E-state index contributed by atoms with van der Waals surface area (Å²) in [5.41, 5.74) is 7.35. The molecule has 0 saturated heterocycles. The number of nitrogens with zero attached hydrogens (tertiary/aromatic N) is 2. The molecule has 1 aromatic carbocycles. The standard InChI is InChI=1S/C19H21N3O/c1-22(2)10-8-12-7-9-20-16-6-5-15-14-4-3-13(23)11-17(14)21-19(15)18(12)16/h3-4,7,9,11,21,23H,5-6,8,10H2,1-2H3. The van der Waals surface area contributed by atoms with Crippen LogP contribution in [-0.4, -0.2) is 40.6 Å². The highest BCUT2D eigenvalue weighted by Crippen LogP contribution is 2.39. The molecule has 0 radical (unpaired) electrons. The largest absolute Gasteiger partial charge is 0.508 e. The zero-order valence-corrected chi connectivity index (χ0v) is 13.6.